The van der Waals surface area contributed by atoms with Crippen molar-refractivity contribution in [2.24, 2.45) is 11.7 Å². The SMILES string of the molecule is CC(NC(=O)C(Cc1ccccc1)NC(=O)C(NC(=O)c1ccc(-c2nnco2)cc1)C(C)C)C(=O)NC(CCC(N)=O)C(O)C(F)(F)F. The Kier molecular flexibility index (Phi) is 13.4. The van der Waals surface area contributed by atoms with E-state index in [1.54, 1.807) is 56.3 Å². The second-order valence-electron chi connectivity index (χ2n) is 11.6. The van der Waals surface area contributed by atoms with Gasteiger partial charge in [-0.3, -0.25) is 24.0 Å². The van der Waals surface area contributed by atoms with E-state index in [0.717, 1.165) is 6.39 Å². The number of primary amides is 1. The zero-order chi connectivity index (χ0) is 36.3. The highest BCUT2D eigenvalue weighted by molar-refractivity contribution is 5.99. The van der Waals surface area contributed by atoms with E-state index in [0.29, 0.717) is 11.1 Å². The number of carbonyl (C=O) groups is 5. The fraction of sp³-hybridized carbons (Fsp3) is 0.406. The van der Waals surface area contributed by atoms with E-state index in [1.165, 1.54) is 19.1 Å². The van der Waals surface area contributed by atoms with Crippen LogP contribution < -0.4 is 27.0 Å². The van der Waals surface area contributed by atoms with Crippen LogP contribution in [0.4, 0.5) is 13.2 Å². The summed E-state index contributed by atoms with van der Waals surface area (Å²) in [5.74, 6) is -4.36. The number of carbonyl (C=O) groups excluding carboxylic acids is 5. The predicted octanol–water partition coefficient (Wildman–Crippen LogP) is 1.40. The number of aliphatic hydroxyl groups excluding tert-OH is 1. The van der Waals surface area contributed by atoms with Crippen molar-refractivity contribution in [3.05, 3.63) is 72.1 Å². The highest BCUT2D eigenvalue weighted by Gasteiger charge is 2.44. The molecular formula is C32H38F3N7O7. The van der Waals surface area contributed by atoms with Crippen LogP contribution in [0.2, 0.25) is 0 Å². The zero-order valence-corrected chi connectivity index (χ0v) is 26.9. The molecule has 0 spiro atoms. The minimum absolute atomic E-state index is 0.0450. The van der Waals surface area contributed by atoms with Crippen molar-refractivity contribution in [1.82, 2.24) is 31.5 Å². The number of benzene rings is 2. The van der Waals surface area contributed by atoms with E-state index in [4.69, 9.17) is 10.2 Å². The lowest BCUT2D eigenvalue weighted by Gasteiger charge is -2.28. The summed E-state index contributed by atoms with van der Waals surface area (Å²) in [6, 6.07) is 9.00. The first kappa shape index (κ1) is 38.1. The van der Waals surface area contributed by atoms with Crippen molar-refractivity contribution in [1.29, 1.82) is 0 Å². The molecule has 5 atom stereocenters. The predicted molar refractivity (Wildman–Crippen MR) is 168 cm³/mol. The van der Waals surface area contributed by atoms with Gasteiger partial charge in [-0.2, -0.15) is 13.2 Å². The Morgan fingerprint density at radius 1 is 0.878 bits per heavy atom. The molecule has 1 aromatic heterocycles. The monoisotopic (exact) mass is 689 g/mol. The topological polar surface area (TPSA) is 219 Å². The molecule has 0 saturated carbocycles. The minimum atomic E-state index is -5.12. The quantitative estimate of drug-likeness (QED) is 0.128. The normalized spacial score (nSPS) is 14.5. The van der Waals surface area contributed by atoms with Gasteiger partial charge in [0.25, 0.3) is 5.91 Å². The van der Waals surface area contributed by atoms with Crippen LogP contribution in [0.1, 0.15) is 49.5 Å². The number of hydrogen-bond acceptors (Lipinski definition) is 9. The maximum atomic E-state index is 13.5. The van der Waals surface area contributed by atoms with Crippen LogP contribution in [0, 0.1) is 5.92 Å². The van der Waals surface area contributed by atoms with Gasteiger partial charge < -0.3 is 36.5 Å². The Morgan fingerprint density at radius 2 is 1.53 bits per heavy atom. The van der Waals surface area contributed by atoms with Crippen LogP contribution in [0.3, 0.4) is 0 Å². The largest absolute Gasteiger partial charge is 0.423 e. The lowest BCUT2D eigenvalue weighted by atomic mass is 10.00. The van der Waals surface area contributed by atoms with Crippen molar-refractivity contribution >= 4 is 29.5 Å². The second kappa shape index (κ2) is 17.2. The number of aliphatic hydroxyl groups is 1. The van der Waals surface area contributed by atoms with E-state index >= 15 is 0 Å². The fourth-order valence-corrected chi connectivity index (χ4v) is 4.67. The molecule has 3 rings (SSSR count). The molecule has 0 fully saturated rings. The number of halogens is 3. The molecule has 0 aliphatic heterocycles. The van der Waals surface area contributed by atoms with Crippen LogP contribution in [-0.2, 0) is 25.6 Å². The van der Waals surface area contributed by atoms with E-state index in [-0.39, 0.29) is 17.9 Å². The number of rotatable bonds is 16. The van der Waals surface area contributed by atoms with Gasteiger partial charge in [-0.1, -0.05) is 44.2 Å². The van der Waals surface area contributed by atoms with Crippen LogP contribution >= 0.6 is 0 Å². The number of nitrogens with one attached hydrogen (secondary N) is 4. The summed E-state index contributed by atoms with van der Waals surface area (Å²) in [4.78, 5) is 64.1. The molecule has 264 valence electrons. The lowest BCUT2D eigenvalue weighted by molar-refractivity contribution is -0.212. The Morgan fingerprint density at radius 3 is 2.08 bits per heavy atom. The Labute approximate surface area is 279 Å². The van der Waals surface area contributed by atoms with Gasteiger partial charge in [0.15, 0.2) is 6.10 Å². The molecule has 5 amide bonds. The van der Waals surface area contributed by atoms with E-state index in [9.17, 15) is 42.3 Å². The summed E-state index contributed by atoms with van der Waals surface area (Å²) in [6.45, 7) is 4.57. The van der Waals surface area contributed by atoms with Crippen molar-refractivity contribution in [3.63, 3.8) is 0 Å². The fourth-order valence-electron chi connectivity index (χ4n) is 4.67. The second-order valence-corrected chi connectivity index (χ2v) is 11.6. The first-order valence-corrected chi connectivity index (χ1v) is 15.2. The summed E-state index contributed by atoms with van der Waals surface area (Å²) in [5.41, 5.74) is 6.45. The van der Waals surface area contributed by atoms with Gasteiger partial charge in [-0.25, -0.2) is 0 Å². The summed E-state index contributed by atoms with van der Waals surface area (Å²) < 4.78 is 44.8. The van der Waals surface area contributed by atoms with Crippen LogP contribution in [0.15, 0.2) is 65.4 Å². The van der Waals surface area contributed by atoms with E-state index < -0.39 is 84.7 Å². The molecule has 17 heteroatoms. The highest BCUT2D eigenvalue weighted by atomic mass is 19.4. The van der Waals surface area contributed by atoms with Crippen LogP contribution in [-0.4, -0.2) is 81.3 Å². The Bertz CT molecular complexity index is 1570. The van der Waals surface area contributed by atoms with Crippen molar-refractivity contribution in [2.45, 2.75) is 76.5 Å². The smallest absolute Gasteiger partial charge is 0.416 e. The summed E-state index contributed by atoms with van der Waals surface area (Å²) >= 11 is 0. The third kappa shape index (κ3) is 11.4. The van der Waals surface area contributed by atoms with Gasteiger partial charge >= 0.3 is 6.18 Å². The maximum Gasteiger partial charge on any atom is 0.416 e. The molecule has 1 heterocycles. The molecule has 14 nitrogen and oxygen atoms in total. The number of nitrogens with two attached hydrogens (primary N) is 1. The minimum Gasteiger partial charge on any atom is -0.423 e. The summed E-state index contributed by atoms with van der Waals surface area (Å²) in [5, 5.41) is 26.8. The molecular weight excluding hydrogens is 651 g/mol. The van der Waals surface area contributed by atoms with Gasteiger partial charge in [0.1, 0.15) is 18.1 Å². The van der Waals surface area contributed by atoms with Gasteiger partial charge in [-0.05, 0) is 49.1 Å². The van der Waals surface area contributed by atoms with Gasteiger partial charge in [0.05, 0.1) is 6.04 Å². The molecule has 2 aromatic carbocycles. The lowest BCUT2D eigenvalue weighted by Crippen LogP contribution is -2.59. The Balaban J connectivity index is 1.74. The Hall–Kier alpha value is -5.32. The number of nitrogens with zero attached hydrogens (tertiary/aromatic N) is 2. The molecule has 49 heavy (non-hydrogen) atoms. The highest BCUT2D eigenvalue weighted by Crippen LogP contribution is 2.24. The zero-order valence-electron chi connectivity index (χ0n) is 26.9. The van der Waals surface area contributed by atoms with Crippen LogP contribution in [0.5, 0.6) is 0 Å². The third-order valence-electron chi connectivity index (χ3n) is 7.40. The molecule has 0 bridgehead atoms. The average molecular weight is 690 g/mol. The van der Waals surface area contributed by atoms with Gasteiger partial charge in [0.2, 0.25) is 35.9 Å². The van der Waals surface area contributed by atoms with E-state index in [1.807, 2.05) is 5.32 Å². The van der Waals surface area contributed by atoms with Gasteiger partial charge in [-0.15, -0.1) is 10.2 Å². The molecule has 0 aliphatic rings. The number of hydrogen-bond donors (Lipinski definition) is 6. The summed E-state index contributed by atoms with van der Waals surface area (Å²) in [6.07, 6.45) is -8.17. The van der Waals surface area contributed by atoms with Crippen molar-refractivity contribution in [3.8, 4) is 11.5 Å². The number of aromatic nitrogens is 2. The van der Waals surface area contributed by atoms with Crippen molar-refractivity contribution in [2.75, 3.05) is 0 Å². The number of alkyl halides is 3. The molecule has 0 radical (unpaired) electrons. The molecule has 7 N–H and O–H groups in total. The van der Waals surface area contributed by atoms with Gasteiger partial charge in [0, 0.05) is 24.0 Å². The van der Waals surface area contributed by atoms with E-state index in [2.05, 4.69) is 26.1 Å². The summed E-state index contributed by atoms with van der Waals surface area (Å²) in [7, 11) is 0. The maximum absolute atomic E-state index is 13.5. The first-order valence-electron chi connectivity index (χ1n) is 15.2. The van der Waals surface area contributed by atoms with Crippen molar-refractivity contribution < 1.29 is 46.7 Å². The average Bonchev–Trinajstić information content (AvgIpc) is 3.59. The third-order valence-corrected chi connectivity index (χ3v) is 7.40. The molecule has 0 aliphatic carbocycles. The molecule has 5 unspecified atom stereocenters. The van der Waals surface area contributed by atoms with Crippen LogP contribution in [0.25, 0.3) is 11.5 Å². The number of amides is 5. The molecule has 0 saturated heterocycles. The molecule has 3 aromatic rings. The first-order chi connectivity index (χ1) is 23.1. The standard InChI is InChI=1S/C32H38F3N7O7/c1-17(2)25(41-28(46)20-9-11-21(12-10-20)31-42-37-16-49-31)30(48)40-23(15-19-7-5-4-6-8-19)29(47)38-18(3)27(45)39-22(13-14-24(36)43)26(44)32(33,34)35/h4-12,16-18,22-23,25-26,44H,13-15H2,1-3H3,(H2,36,43)(H,38,47)(H,39,45)(H,40,48)(H,41,46).